The van der Waals surface area contributed by atoms with Crippen molar-refractivity contribution >= 4 is 11.6 Å². The molecule has 1 aromatic rings. The number of hydrogen-bond acceptors (Lipinski definition) is 0. The number of hydrogen-bond donors (Lipinski definition) is 0. The maximum atomic E-state index is 5.76. The largest absolute Gasteiger partial charge is 0.412 e. The quantitative estimate of drug-likeness (QED) is 0.597. The van der Waals surface area contributed by atoms with Gasteiger partial charge in [0, 0.05) is 5.02 Å². The van der Waals surface area contributed by atoms with E-state index in [-0.39, 0.29) is 10.9 Å². The predicted molar refractivity (Wildman–Crippen MR) is 53.8 cm³/mol. The zero-order valence-corrected chi connectivity index (χ0v) is 8.44. The molecule has 2 N–H and O–H groups in total. The summed E-state index contributed by atoms with van der Waals surface area (Å²) in [6, 6.07) is 8.01. The summed E-state index contributed by atoms with van der Waals surface area (Å²) in [5.74, 6) is 0. The van der Waals surface area contributed by atoms with Gasteiger partial charge in [-0.2, -0.15) is 0 Å². The average Bonchev–Trinajstić information content (AvgIpc) is 1.86. The molecule has 0 heterocycles. The third kappa shape index (κ3) is 2.84. The summed E-state index contributed by atoms with van der Waals surface area (Å²) < 4.78 is 0. The Morgan fingerprint density at radius 2 is 1.42 bits per heavy atom. The summed E-state index contributed by atoms with van der Waals surface area (Å²) in [6.07, 6.45) is 0. The molecule has 0 aromatic heterocycles. The van der Waals surface area contributed by atoms with Crippen LogP contribution in [0.5, 0.6) is 0 Å². The highest BCUT2D eigenvalue weighted by atomic mass is 35.5. The van der Waals surface area contributed by atoms with Gasteiger partial charge >= 0.3 is 0 Å². The van der Waals surface area contributed by atoms with Crippen LogP contribution in [0.25, 0.3) is 0 Å². The maximum absolute atomic E-state index is 5.76. The van der Waals surface area contributed by atoms with Crippen molar-refractivity contribution in [2.24, 2.45) is 0 Å². The Bertz CT molecular complexity index is 233. The Kier molecular flexibility index (Phi) is 3.75. The smallest absolute Gasteiger partial charge is 0.0406 e. The van der Waals surface area contributed by atoms with Crippen LogP contribution in [0.1, 0.15) is 26.3 Å². The standard InChI is InChI=1S/C10H13Cl.H2O/c1-10(2,3)8-4-6-9(11)7-5-8;/h4-7H,1-3H3;1H2. The molecule has 0 radical (unpaired) electrons. The molecule has 0 aliphatic heterocycles. The van der Waals surface area contributed by atoms with E-state index in [1.165, 1.54) is 5.56 Å². The number of benzene rings is 1. The minimum absolute atomic E-state index is 0. The lowest BCUT2D eigenvalue weighted by atomic mass is 9.87. The third-order valence-corrected chi connectivity index (χ3v) is 1.96. The molecular formula is C10H15ClO. The molecule has 0 bridgehead atoms. The highest BCUT2D eigenvalue weighted by Gasteiger charge is 2.12. The Morgan fingerprint density at radius 1 is 1.00 bits per heavy atom. The van der Waals surface area contributed by atoms with Gasteiger partial charge in [-0.05, 0) is 23.1 Å². The lowest BCUT2D eigenvalue weighted by Crippen LogP contribution is -2.10. The highest BCUT2D eigenvalue weighted by Crippen LogP contribution is 2.23. The fourth-order valence-electron chi connectivity index (χ4n) is 0.950. The predicted octanol–water partition coefficient (Wildman–Crippen LogP) is 2.81. The maximum Gasteiger partial charge on any atom is 0.0406 e. The van der Waals surface area contributed by atoms with Gasteiger partial charge in [0.1, 0.15) is 0 Å². The minimum atomic E-state index is 0. The lowest BCUT2D eigenvalue weighted by molar-refractivity contribution is 0.590. The number of rotatable bonds is 0. The molecule has 0 aliphatic carbocycles. The average molecular weight is 187 g/mol. The van der Waals surface area contributed by atoms with Gasteiger partial charge in [-0.3, -0.25) is 0 Å². The Hall–Kier alpha value is -0.530. The van der Waals surface area contributed by atoms with E-state index in [2.05, 4.69) is 32.9 Å². The second-order valence-corrected chi connectivity index (χ2v) is 4.19. The summed E-state index contributed by atoms with van der Waals surface area (Å²) in [7, 11) is 0. The molecule has 0 saturated carbocycles. The number of halogens is 1. The van der Waals surface area contributed by atoms with Crippen LogP contribution in [0.2, 0.25) is 5.02 Å². The van der Waals surface area contributed by atoms with Gasteiger partial charge in [0.25, 0.3) is 0 Å². The lowest BCUT2D eigenvalue weighted by Gasteiger charge is -2.18. The second kappa shape index (κ2) is 3.92. The molecule has 0 spiro atoms. The summed E-state index contributed by atoms with van der Waals surface area (Å²) >= 11 is 5.76. The van der Waals surface area contributed by atoms with Crippen LogP contribution < -0.4 is 0 Å². The molecule has 68 valence electrons. The summed E-state index contributed by atoms with van der Waals surface area (Å²) in [6.45, 7) is 6.57. The highest BCUT2D eigenvalue weighted by molar-refractivity contribution is 6.30. The van der Waals surface area contributed by atoms with Gasteiger partial charge in [-0.15, -0.1) is 0 Å². The molecule has 12 heavy (non-hydrogen) atoms. The van der Waals surface area contributed by atoms with Crippen molar-refractivity contribution in [1.29, 1.82) is 0 Å². The third-order valence-electron chi connectivity index (χ3n) is 1.71. The molecule has 1 nitrogen and oxygen atoms in total. The monoisotopic (exact) mass is 186 g/mol. The van der Waals surface area contributed by atoms with E-state index in [9.17, 15) is 0 Å². The first kappa shape index (κ1) is 11.5. The molecule has 0 amide bonds. The Balaban J connectivity index is 0.00000121. The van der Waals surface area contributed by atoms with Crippen molar-refractivity contribution < 1.29 is 5.48 Å². The van der Waals surface area contributed by atoms with Gasteiger partial charge in [0.15, 0.2) is 0 Å². The Labute approximate surface area is 78.7 Å². The molecule has 1 aromatic carbocycles. The first-order valence-corrected chi connectivity index (χ1v) is 4.14. The van der Waals surface area contributed by atoms with Crippen molar-refractivity contribution in [2.45, 2.75) is 26.2 Å². The fraction of sp³-hybridized carbons (Fsp3) is 0.400. The van der Waals surface area contributed by atoms with E-state index in [0.29, 0.717) is 0 Å². The SMILES string of the molecule is CC(C)(C)c1ccc(Cl)cc1.O. The molecule has 0 saturated heterocycles. The van der Waals surface area contributed by atoms with Crippen LogP contribution in [0.15, 0.2) is 24.3 Å². The first-order chi connectivity index (χ1) is 5.00. The molecule has 2 heteroatoms. The van der Waals surface area contributed by atoms with Gasteiger partial charge < -0.3 is 5.48 Å². The van der Waals surface area contributed by atoms with E-state index >= 15 is 0 Å². The summed E-state index contributed by atoms with van der Waals surface area (Å²) in [5, 5.41) is 0.804. The topological polar surface area (TPSA) is 31.5 Å². The zero-order chi connectivity index (χ0) is 8.48. The van der Waals surface area contributed by atoms with E-state index in [4.69, 9.17) is 11.6 Å². The van der Waals surface area contributed by atoms with Gasteiger partial charge in [0.05, 0.1) is 0 Å². The van der Waals surface area contributed by atoms with Gasteiger partial charge in [-0.25, -0.2) is 0 Å². The summed E-state index contributed by atoms with van der Waals surface area (Å²) in [4.78, 5) is 0. The second-order valence-electron chi connectivity index (χ2n) is 3.76. The van der Waals surface area contributed by atoms with E-state index in [1.807, 2.05) is 12.1 Å². The van der Waals surface area contributed by atoms with Crippen molar-refractivity contribution in [3.8, 4) is 0 Å². The molecule has 0 fully saturated rings. The Morgan fingerprint density at radius 3 is 1.75 bits per heavy atom. The summed E-state index contributed by atoms with van der Waals surface area (Å²) in [5.41, 5.74) is 1.55. The van der Waals surface area contributed by atoms with E-state index in [0.717, 1.165) is 5.02 Å². The van der Waals surface area contributed by atoms with Crippen LogP contribution in [0.4, 0.5) is 0 Å². The zero-order valence-electron chi connectivity index (χ0n) is 7.69. The normalized spacial score (nSPS) is 10.7. The van der Waals surface area contributed by atoms with Crippen LogP contribution >= 0.6 is 11.6 Å². The molecule has 0 atom stereocenters. The van der Waals surface area contributed by atoms with Gasteiger partial charge in [-0.1, -0.05) is 44.5 Å². The van der Waals surface area contributed by atoms with Crippen molar-refractivity contribution in [2.75, 3.05) is 0 Å². The molecular weight excluding hydrogens is 172 g/mol. The van der Waals surface area contributed by atoms with Crippen molar-refractivity contribution in [3.63, 3.8) is 0 Å². The fourth-order valence-corrected chi connectivity index (χ4v) is 1.08. The molecule has 1 rings (SSSR count). The van der Waals surface area contributed by atoms with Crippen LogP contribution in [0, 0.1) is 0 Å². The van der Waals surface area contributed by atoms with Crippen LogP contribution in [-0.4, -0.2) is 5.48 Å². The van der Waals surface area contributed by atoms with Crippen molar-refractivity contribution in [3.05, 3.63) is 34.9 Å². The van der Waals surface area contributed by atoms with Crippen molar-refractivity contribution in [1.82, 2.24) is 0 Å². The van der Waals surface area contributed by atoms with E-state index < -0.39 is 0 Å². The first-order valence-electron chi connectivity index (χ1n) is 3.76. The molecule has 0 unspecified atom stereocenters. The van der Waals surface area contributed by atoms with E-state index in [1.54, 1.807) is 0 Å². The van der Waals surface area contributed by atoms with Crippen LogP contribution in [0.3, 0.4) is 0 Å². The van der Waals surface area contributed by atoms with Gasteiger partial charge in [0.2, 0.25) is 0 Å². The minimum Gasteiger partial charge on any atom is -0.412 e. The van der Waals surface area contributed by atoms with Crippen LogP contribution in [-0.2, 0) is 5.41 Å². The molecule has 0 aliphatic rings.